The smallest absolute Gasteiger partial charge is 0.376 e. The number of amides is 1. The molecule has 1 N–H and O–H groups in total. The van der Waals surface area contributed by atoms with Gasteiger partial charge in [-0.2, -0.15) is 21.6 Å². The molecule has 160 valence electrons. The van der Waals surface area contributed by atoms with Gasteiger partial charge in [0.1, 0.15) is 5.75 Å². The van der Waals surface area contributed by atoms with E-state index in [9.17, 15) is 26.4 Å². The van der Waals surface area contributed by atoms with Gasteiger partial charge in [-0.3, -0.25) is 4.79 Å². The Hall–Kier alpha value is -2.59. The molecule has 0 aliphatic rings. The lowest BCUT2D eigenvalue weighted by Gasteiger charge is -2.10. The van der Waals surface area contributed by atoms with Crippen LogP contribution in [0.3, 0.4) is 0 Å². The fraction of sp³-hybridized carbons (Fsp3) is 0.250. The zero-order valence-corrected chi connectivity index (χ0v) is 17.5. The molecule has 0 bridgehead atoms. The largest absolute Gasteiger partial charge is 0.534 e. The van der Waals surface area contributed by atoms with E-state index in [2.05, 4.69) is 9.50 Å². The van der Waals surface area contributed by atoms with Crippen LogP contribution < -0.4 is 9.50 Å². The summed E-state index contributed by atoms with van der Waals surface area (Å²) in [5.41, 5.74) is -3.62. The van der Waals surface area contributed by atoms with Gasteiger partial charge in [0.25, 0.3) is 0 Å². The second-order valence-electron chi connectivity index (χ2n) is 6.54. The van der Waals surface area contributed by atoms with Crippen LogP contribution in [0.4, 0.5) is 13.2 Å². The van der Waals surface area contributed by atoms with Crippen LogP contribution in [-0.4, -0.2) is 26.4 Å². The van der Waals surface area contributed by atoms with Crippen LogP contribution >= 0.6 is 11.3 Å². The van der Waals surface area contributed by atoms with Crippen molar-refractivity contribution in [3.63, 3.8) is 0 Å². The van der Waals surface area contributed by atoms with Crippen LogP contribution in [0, 0.1) is 0 Å². The number of nitrogens with one attached hydrogen (secondary N) is 1. The molecule has 0 aliphatic carbocycles. The molecule has 0 aliphatic heterocycles. The highest BCUT2D eigenvalue weighted by molar-refractivity contribution is 7.88. The molecule has 0 spiro atoms. The number of benzene rings is 2. The van der Waals surface area contributed by atoms with Gasteiger partial charge in [-0.05, 0) is 41.1 Å². The molecule has 1 aromatic heterocycles. The fourth-order valence-electron chi connectivity index (χ4n) is 2.97. The van der Waals surface area contributed by atoms with Crippen LogP contribution in [0.25, 0.3) is 10.1 Å². The van der Waals surface area contributed by atoms with Crippen LogP contribution in [0.5, 0.6) is 5.75 Å². The lowest BCUT2D eigenvalue weighted by atomic mass is 10.0. The topological polar surface area (TPSA) is 72.5 Å². The molecule has 0 fully saturated rings. The Morgan fingerprint density at radius 2 is 1.83 bits per heavy atom. The number of fused-ring (bicyclic) bond motifs is 1. The van der Waals surface area contributed by atoms with Gasteiger partial charge in [-0.1, -0.05) is 30.3 Å². The first kappa shape index (κ1) is 22.1. The summed E-state index contributed by atoms with van der Waals surface area (Å²) < 4.78 is 65.7. The third-order valence-electron chi connectivity index (χ3n) is 4.29. The quantitative estimate of drug-likeness (QED) is 0.422. The summed E-state index contributed by atoms with van der Waals surface area (Å²) in [6.07, 6.45) is 1.05. The highest BCUT2D eigenvalue weighted by Crippen LogP contribution is 2.37. The molecule has 5 nitrogen and oxygen atoms in total. The highest BCUT2D eigenvalue weighted by atomic mass is 32.2. The molecule has 0 saturated heterocycles. The maximum atomic E-state index is 12.6. The summed E-state index contributed by atoms with van der Waals surface area (Å²) in [4.78, 5) is 12.2. The number of halogens is 3. The first-order chi connectivity index (χ1) is 14.1. The molecular formula is C20H18F3NO4S2. The van der Waals surface area contributed by atoms with E-state index in [0.29, 0.717) is 24.8 Å². The SMILES string of the molecule is CC(=O)NCCc1c(Cc2ccccc2)sc2ccc(OS(=O)(=O)C(F)(F)F)cc12. The molecule has 0 saturated carbocycles. The minimum Gasteiger partial charge on any atom is -0.376 e. The van der Waals surface area contributed by atoms with Crippen molar-refractivity contribution >= 4 is 37.4 Å². The number of carbonyl (C=O) groups excluding carboxylic acids is 1. The van der Waals surface area contributed by atoms with Gasteiger partial charge < -0.3 is 9.50 Å². The summed E-state index contributed by atoms with van der Waals surface area (Å²) in [6.45, 7) is 1.74. The first-order valence-electron chi connectivity index (χ1n) is 8.90. The lowest BCUT2D eigenvalue weighted by Crippen LogP contribution is -2.28. The Morgan fingerprint density at radius 1 is 1.13 bits per heavy atom. The summed E-state index contributed by atoms with van der Waals surface area (Å²) in [5.74, 6) is -0.607. The normalized spacial score (nSPS) is 12.1. The summed E-state index contributed by atoms with van der Waals surface area (Å²) in [6, 6.07) is 13.7. The van der Waals surface area contributed by atoms with E-state index < -0.39 is 21.4 Å². The van der Waals surface area contributed by atoms with Crippen molar-refractivity contribution < 1.29 is 30.6 Å². The van der Waals surface area contributed by atoms with Gasteiger partial charge in [0.05, 0.1) is 0 Å². The average Bonchev–Trinajstić information content (AvgIpc) is 2.98. The third-order valence-corrected chi connectivity index (χ3v) is 6.48. The molecule has 10 heteroatoms. The minimum atomic E-state index is -5.76. The van der Waals surface area contributed by atoms with Crippen LogP contribution in [0.2, 0.25) is 0 Å². The Bertz CT molecular complexity index is 1160. The van der Waals surface area contributed by atoms with Crippen LogP contribution in [-0.2, 0) is 27.8 Å². The lowest BCUT2D eigenvalue weighted by molar-refractivity contribution is -0.118. The molecule has 30 heavy (non-hydrogen) atoms. The minimum absolute atomic E-state index is 0.195. The van der Waals surface area contributed by atoms with Gasteiger partial charge in [-0.25, -0.2) is 0 Å². The molecule has 3 rings (SSSR count). The number of hydrogen-bond donors (Lipinski definition) is 1. The zero-order valence-electron chi connectivity index (χ0n) is 15.8. The van der Waals surface area contributed by atoms with Gasteiger partial charge in [0, 0.05) is 29.5 Å². The predicted molar refractivity (Wildman–Crippen MR) is 109 cm³/mol. The number of alkyl halides is 3. The number of thiophene rings is 1. The Labute approximate surface area is 175 Å². The van der Waals surface area contributed by atoms with E-state index in [0.717, 1.165) is 20.7 Å². The van der Waals surface area contributed by atoms with E-state index in [4.69, 9.17) is 0 Å². The first-order valence-corrected chi connectivity index (χ1v) is 11.1. The standard InChI is InChI=1S/C20H18F3NO4S2/c1-13(25)24-10-9-16-17-12-15(28-30(26,27)20(21,22)23)7-8-18(17)29-19(16)11-14-5-3-2-4-6-14/h2-8,12H,9-11H2,1H3,(H,24,25). The molecule has 1 amide bonds. The van der Waals surface area contributed by atoms with E-state index in [1.165, 1.54) is 36.5 Å². The van der Waals surface area contributed by atoms with E-state index in [1.54, 1.807) is 0 Å². The summed E-state index contributed by atoms with van der Waals surface area (Å²) in [5, 5.41) is 3.31. The summed E-state index contributed by atoms with van der Waals surface area (Å²) >= 11 is 1.47. The molecular weight excluding hydrogens is 439 g/mol. The van der Waals surface area contributed by atoms with Crippen molar-refractivity contribution in [1.29, 1.82) is 0 Å². The van der Waals surface area contributed by atoms with Gasteiger partial charge in [0.2, 0.25) is 5.91 Å². The van der Waals surface area contributed by atoms with E-state index in [-0.39, 0.29) is 5.91 Å². The summed E-state index contributed by atoms with van der Waals surface area (Å²) in [7, 11) is -5.76. The van der Waals surface area contributed by atoms with Gasteiger partial charge in [0.15, 0.2) is 0 Å². The Balaban J connectivity index is 2.00. The van der Waals surface area contributed by atoms with Gasteiger partial charge >= 0.3 is 15.6 Å². The molecule has 1 heterocycles. The molecule has 0 unspecified atom stereocenters. The van der Waals surface area contributed by atoms with Crippen LogP contribution in [0.1, 0.15) is 22.9 Å². The van der Waals surface area contributed by atoms with Crippen molar-refractivity contribution in [3.8, 4) is 5.75 Å². The molecule has 3 aromatic rings. The average molecular weight is 457 g/mol. The van der Waals surface area contributed by atoms with Crippen molar-refractivity contribution in [2.45, 2.75) is 25.3 Å². The van der Waals surface area contributed by atoms with Crippen molar-refractivity contribution in [1.82, 2.24) is 5.32 Å². The third kappa shape index (κ3) is 5.11. The second-order valence-corrected chi connectivity index (χ2v) is 9.21. The molecule has 0 radical (unpaired) electrons. The fourth-order valence-corrected chi connectivity index (χ4v) is 4.69. The monoisotopic (exact) mass is 457 g/mol. The van der Waals surface area contributed by atoms with Crippen molar-refractivity contribution in [2.24, 2.45) is 0 Å². The van der Waals surface area contributed by atoms with Crippen LogP contribution in [0.15, 0.2) is 48.5 Å². The highest BCUT2D eigenvalue weighted by Gasteiger charge is 2.48. The van der Waals surface area contributed by atoms with Crippen molar-refractivity contribution in [3.05, 3.63) is 64.5 Å². The molecule has 2 aromatic carbocycles. The maximum Gasteiger partial charge on any atom is 0.534 e. The number of hydrogen-bond acceptors (Lipinski definition) is 5. The van der Waals surface area contributed by atoms with E-state index in [1.807, 2.05) is 30.3 Å². The van der Waals surface area contributed by atoms with Crippen molar-refractivity contribution in [2.75, 3.05) is 6.54 Å². The predicted octanol–water partition coefficient (Wildman–Crippen LogP) is 4.40. The number of carbonyl (C=O) groups is 1. The van der Waals surface area contributed by atoms with E-state index >= 15 is 0 Å². The zero-order chi connectivity index (χ0) is 21.9. The Morgan fingerprint density at radius 3 is 2.47 bits per heavy atom. The second kappa shape index (κ2) is 8.65. The van der Waals surface area contributed by atoms with Gasteiger partial charge in [-0.15, -0.1) is 11.3 Å². The Kier molecular flexibility index (Phi) is 6.37. The number of rotatable bonds is 7. The maximum absolute atomic E-state index is 12.6. The molecule has 0 atom stereocenters.